The predicted octanol–water partition coefficient (Wildman–Crippen LogP) is 5.41. The molecule has 0 bridgehead atoms. The fourth-order valence-corrected chi connectivity index (χ4v) is 5.86. The molecule has 2 unspecified atom stereocenters. The minimum absolute atomic E-state index is 0.00891. The van der Waals surface area contributed by atoms with Gasteiger partial charge in [0.2, 0.25) is 11.8 Å². The van der Waals surface area contributed by atoms with E-state index in [-0.39, 0.29) is 35.4 Å². The number of rotatable bonds is 8. The van der Waals surface area contributed by atoms with Gasteiger partial charge >= 0.3 is 0 Å². The molecule has 2 atom stereocenters. The van der Waals surface area contributed by atoms with Crippen LogP contribution >= 0.6 is 11.8 Å². The Bertz CT molecular complexity index is 1330. The van der Waals surface area contributed by atoms with Gasteiger partial charge in [0.05, 0.1) is 36.5 Å². The Hall–Kier alpha value is -3.46. The summed E-state index contributed by atoms with van der Waals surface area (Å²) in [5.74, 6) is 1.86. The van der Waals surface area contributed by atoms with Crippen molar-refractivity contribution < 1.29 is 19.1 Å². The second-order valence-electron chi connectivity index (χ2n) is 10.7. The average Bonchev–Trinajstić information content (AvgIpc) is 3.26. The number of hydrogen-bond donors (Lipinski definition) is 1. The topological polar surface area (TPSA) is 85.7 Å². The number of ether oxygens (including phenoxy) is 2. The summed E-state index contributed by atoms with van der Waals surface area (Å²) >= 11 is 1.51. The summed E-state index contributed by atoms with van der Waals surface area (Å²) in [4.78, 5) is 28.5. The van der Waals surface area contributed by atoms with Crippen molar-refractivity contribution in [2.24, 2.45) is 0 Å². The molecule has 2 amide bonds. The normalized spacial score (nSPS) is 16.3. The Morgan fingerprint density at radius 1 is 1.15 bits per heavy atom. The third kappa shape index (κ3) is 5.93. The zero-order valence-corrected chi connectivity index (χ0v) is 24.6. The highest BCUT2D eigenvalue weighted by molar-refractivity contribution is 8.00. The van der Waals surface area contributed by atoms with E-state index in [1.807, 2.05) is 67.1 Å². The summed E-state index contributed by atoms with van der Waals surface area (Å²) in [5, 5.41) is 7.84. The van der Waals surface area contributed by atoms with Gasteiger partial charge in [0, 0.05) is 22.7 Å². The predicted molar refractivity (Wildman–Crippen MR) is 157 cm³/mol. The first kappa shape index (κ1) is 28.5. The van der Waals surface area contributed by atoms with Gasteiger partial charge in [0.1, 0.15) is 23.9 Å². The summed E-state index contributed by atoms with van der Waals surface area (Å²) in [6.45, 7) is 10.0. The van der Waals surface area contributed by atoms with Crippen LogP contribution in [0.5, 0.6) is 11.5 Å². The molecule has 1 aliphatic rings. The van der Waals surface area contributed by atoms with Gasteiger partial charge in [-0.1, -0.05) is 37.3 Å². The van der Waals surface area contributed by atoms with Gasteiger partial charge in [-0.3, -0.25) is 14.5 Å². The number of nitrogens with zero attached hydrogens (tertiary/aromatic N) is 3. The van der Waals surface area contributed by atoms with E-state index in [2.05, 4.69) is 26.1 Å². The smallest absolute Gasteiger partial charge is 0.240 e. The Labute approximate surface area is 235 Å². The number of fused-ring (bicyclic) bond motifs is 1. The summed E-state index contributed by atoms with van der Waals surface area (Å²) in [6.07, 6.45) is 0.802. The Morgan fingerprint density at radius 2 is 1.87 bits per heavy atom. The van der Waals surface area contributed by atoms with Crippen LogP contribution in [0.25, 0.3) is 11.3 Å². The highest BCUT2D eigenvalue weighted by atomic mass is 32.2. The highest BCUT2D eigenvalue weighted by Gasteiger charge is 2.40. The van der Waals surface area contributed by atoms with Crippen molar-refractivity contribution in [2.75, 3.05) is 31.4 Å². The van der Waals surface area contributed by atoms with Crippen molar-refractivity contribution in [2.45, 2.75) is 57.9 Å². The summed E-state index contributed by atoms with van der Waals surface area (Å²) in [5.41, 5.74) is 2.98. The first-order valence-electron chi connectivity index (χ1n) is 13.2. The Balaban J connectivity index is 2.02. The van der Waals surface area contributed by atoms with E-state index < -0.39 is 5.54 Å². The van der Waals surface area contributed by atoms with Crippen LogP contribution in [-0.4, -0.2) is 54.2 Å². The van der Waals surface area contributed by atoms with Gasteiger partial charge in [0.25, 0.3) is 0 Å². The van der Waals surface area contributed by atoms with Crippen LogP contribution in [0.4, 0.5) is 5.82 Å². The van der Waals surface area contributed by atoms with Gasteiger partial charge in [-0.15, -0.1) is 11.8 Å². The van der Waals surface area contributed by atoms with Crippen LogP contribution in [0, 0.1) is 0 Å². The molecule has 2 heterocycles. The molecule has 9 heteroatoms. The van der Waals surface area contributed by atoms with Gasteiger partial charge in [0.15, 0.2) is 0 Å². The molecule has 0 aliphatic carbocycles. The van der Waals surface area contributed by atoms with Gasteiger partial charge in [-0.05, 0) is 52.3 Å². The molecule has 0 radical (unpaired) electrons. The van der Waals surface area contributed by atoms with Crippen molar-refractivity contribution in [1.82, 2.24) is 15.1 Å². The monoisotopic (exact) mass is 550 g/mol. The SMILES string of the molecule is CCC(C)NC(=O)CN1C(=O)CSC(c2cc(OC)ccc2OC)c2c(-c3ccccc3)nn(C(C)(C)C)c21. The van der Waals surface area contributed by atoms with Crippen LogP contribution in [0.3, 0.4) is 0 Å². The molecule has 8 nitrogen and oxygen atoms in total. The molecule has 3 aromatic rings. The minimum Gasteiger partial charge on any atom is -0.497 e. The van der Waals surface area contributed by atoms with Crippen LogP contribution in [0.2, 0.25) is 0 Å². The maximum absolute atomic E-state index is 13.8. The maximum Gasteiger partial charge on any atom is 0.240 e. The molecule has 2 aromatic carbocycles. The number of amides is 2. The zero-order valence-electron chi connectivity index (χ0n) is 23.8. The second-order valence-corrected chi connectivity index (χ2v) is 11.8. The molecule has 39 heavy (non-hydrogen) atoms. The minimum atomic E-state index is -0.471. The Morgan fingerprint density at radius 3 is 2.49 bits per heavy atom. The van der Waals surface area contributed by atoms with E-state index in [1.165, 1.54) is 11.8 Å². The van der Waals surface area contributed by atoms with Crippen LogP contribution in [0.15, 0.2) is 48.5 Å². The van der Waals surface area contributed by atoms with Crippen molar-refractivity contribution in [3.63, 3.8) is 0 Å². The van der Waals surface area contributed by atoms with Crippen LogP contribution in [-0.2, 0) is 15.1 Å². The molecule has 0 saturated heterocycles. The molecule has 4 rings (SSSR count). The highest BCUT2D eigenvalue weighted by Crippen LogP contribution is 2.51. The molecule has 1 aliphatic heterocycles. The standard InChI is InChI=1S/C30H38N4O4S/c1-8-19(2)31-24(35)17-33-25(36)18-39-28(22-16-21(37-6)14-15-23(22)38-7)26-27(20-12-10-9-11-13-20)32-34(29(26)33)30(3,4)5/h9-16,19,28H,8,17-18H2,1-7H3,(H,31,35). The van der Waals surface area contributed by atoms with Gasteiger partial charge in [-0.2, -0.15) is 5.10 Å². The lowest BCUT2D eigenvalue weighted by atomic mass is 9.98. The average molecular weight is 551 g/mol. The molecule has 0 saturated carbocycles. The number of methoxy groups -OCH3 is 2. The maximum atomic E-state index is 13.8. The lowest BCUT2D eigenvalue weighted by Gasteiger charge is -2.29. The zero-order chi connectivity index (χ0) is 28.3. The number of nitrogens with one attached hydrogen (secondary N) is 1. The van der Waals surface area contributed by atoms with E-state index in [0.29, 0.717) is 17.3 Å². The number of benzene rings is 2. The Kier molecular flexibility index (Phi) is 8.59. The van der Waals surface area contributed by atoms with Crippen molar-refractivity contribution in [1.29, 1.82) is 0 Å². The number of anilines is 1. The first-order valence-corrected chi connectivity index (χ1v) is 14.3. The summed E-state index contributed by atoms with van der Waals surface area (Å²) < 4.78 is 13.2. The fourth-order valence-electron chi connectivity index (χ4n) is 4.65. The number of thioether (sulfide) groups is 1. The number of aromatic nitrogens is 2. The van der Waals surface area contributed by atoms with Crippen molar-refractivity contribution in [3.8, 4) is 22.8 Å². The molecule has 1 aromatic heterocycles. The number of carbonyl (C=O) groups excluding carboxylic acids is 2. The largest absolute Gasteiger partial charge is 0.497 e. The van der Waals surface area contributed by atoms with Crippen molar-refractivity contribution in [3.05, 3.63) is 59.7 Å². The number of hydrogen-bond acceptors (Lipinski definition) is 6. The summed E-state index contributed by atoms with van der Waals surface area (Å²) in [7, 11) is 3.27. The summed E-state index contributed by atoms with van der Waals surface area (Å²) in [6, 6.07) is 15.7. The van der Waals surface area contributed by atoms with Crippen molar-refractivity contribution >= 4 is 29.4 Å². The molecular formula is C30H38N4O4S. The fraction of sp³-hybridized carbons (Fsp3) is 0.433. The van der Waals surface area contributed by atoms with Gasteiger partial charge in [-0.25, -0.2) is 4.68 Å². The second kappa shape index (κ2) is 11.7. The lowest BCUT2D eigenvalue weighted by molar-refractivity contribution is -0.123. The quantitative estimate of drug-likeness (QED) is 0.404. The van der Waals surface area contributed by atoms with E-state index in [4.69, 9.17) is 14.6 Å². The lowest BCUT2D eigenvalue weighted by Crippen LogP contribution is -2.45. The molecular weight excluding hydrogens is 512 g/mol. The van der Waals surface area contributed by atoms with Crippen LogP contribution < -0.4 is 19.7 Å². The molecule has 0 fully saturated rings. The third-order valence-corrected chi connectivity index (χ3v) is 8.05. The first-order chi connectivity index (χ1) is 18.6. The molecule has 208 valence electrons. The molecule has 0 spiro atoms. The number of carbonyl (C=O) groups is 2. The van der Waals surface area contributed by atoms with E-state index in [9.17, 15) is 9.59 Å². The van der Waals surface area contributed by atoms with E-state index in [1.54, 1.807) is 19.1 Å². The van der Waals surface area contributed by atoms with Crippen LogP contribution in [0.1, 0.15) is 57.4 Å². The van der Waals surface area contributed by atoms with E-state index in [0.717, 1.165) is 28.8 Å². The van der Waals surface area contributed by atoms with Gasteiger partial charge < -0.3 is 14.8 Å². The molecule has 1 N–H and O–H groups in total. The third-order valence-electron chi connectivity index (χ3n) is 6.81. The van der Waals surface area contributed by atoms with E-state index >= 15 is 0 Å².